The Balaban J connectivity index is 2.32. The highest BCUT2D eigenvalue weighted by Crippen LogP contribution is 2.24. The zero-order valence-corrected chi connectivity index (χ0v) is 9.38. The summed E-state index contributed by atoms with van der Waals surface area (Å²) in [6, 6.07) is 2.30. The van der Waals surface area contributed by atoms with Crippen LogP contribution in [0.5, 0.6) is 0 Å². The first-order chi connectivity index (χ1) is 6.35. The van der Waals surface area contributed by atoms with Crippen LogP contribution in [-0.2, 0) is 0 Å². The van der Waals surface area contributed by atoms with Crippen molar-refractivity contribution < 1.29 is 5.11 Å². The average Bonchev–Trinajstić information content (AvgIpc) is 2.43. The van der Waals surface area contributed by atoms with Crippen LogP contribution in [0, 0.1) is 16.7 Å². The summed E-state index contributed by atoms with van der Waals surface area (Å²) in [5, 5.41) is 18.6. The number of nitriles is 1. The fourth-order valence-electron chi connectivity index (χ4n) is 1.72. The van der Waals surface area contributed by atoms with Crippen LogP contribution in [0.3, 0.4) is 0 Å². The predicted octanol–water partition coefficient (Wildman–Crippen LogP) is 1.38. The number of hydrogen-bond acceptors (Lipinski definition) is 3. The van der Waals surface area contributed by atoms with Crippen molar-refractivity contribution >= 4 is 0 Å². The normalized spacial score (nSPS) is 29.1. The largest absolute Gasteiger partial charge is 0.389 e. The molecule has 1 saturated heterocycles. The van der Waals surface area contributed by atoms with E-state index < -0.39 is 5.60 Å². The first-order valence-corrected chi connectivity index (χ1v) is 5.21. The van der Waals surface area contributed by atoms with Crippen LogP contribution in [0.15, 0.2) is 0 Å². The van der Waals surface area contributed by atoms with E-state index in [4.69, 9.17) is 5.26 Å². The zero-order valence-electron chi connectivity index (χ0n) is 9.38. The second kappa shape index (κ2) is 3.88. The third kappa shape index (κ3) is 3.28. The van der Waals surface area contributed by atoms with Gasteiger partial charge in [0, 0.05) is 13.1 Å². The lowest BCUT2D eigenvalue weighted by Gasteiger charge is -2.22. The van der Waals surface area contributed by atoms with Crippen LogP contribution in [-0.4, -0.2) is 35.2 Å². The summed E-state index contributed by atoms with van der Waals surface area (Å²) in [6.07, 6.45) is 1.72. The molecule has 1 N–H and O–H groups in total. The van der Waals surface area contributed by atoms with Gasteiger partial charge in [-0.1, -0.05) is 0 Å². The van der Waals surface area contributed by atoms with Crippen molar-refractivity contribution in [2.75, 3.05) is 19.6 Å². The maximum atomic E-state index is 9.74. The first-order valence-electron chi connectivity index (χ1n) is 5.21. The van der Waals surface area contributed by atoms with E-state index in [1.807, 2.05) is 20.8 Å². The van der Waals surface area contributed by atoms with E-state index in [1.54, 1.807) is 0 Å². The summed E-state index contributed by atoms with van der Waals surface area (Å²) in [7, 11) is 0. The maximum Gasteiger partial charge on any atom is 0.0758 e. The van der Waals surface area contributed by atoms with Crippen LogP contribution >= 0.6 is 0 Å². The molecule has 1 aliphatic rings. The molecular formula is C11H20N2O. The second-order valence-corrected chi connectivity index (χ2v) is 5.27. The Morgan fingerprint density at radius 3 is 2.64 bits per heavy atom. The number of hydrogen-bond donors (Lipinski definition) is 1. The number of β-amino-alcohol motifs (C(OH)–C–C–N with tert-alkyl or cyclic N) is 1. The van der Waals surface area contributed by atoms with Gasteiger partial charge in [0.2, 0.25) is 0 Å². The molecule has 1 rings (SSSR count). The summed E-state index contributed by atoms with van der Waals surface area (Å²) in [6.45, 7) is 8.41. The molecule has 14 heavy (non-hydrogen) atoms. The number of aliphatic hydroxyl groups is 1. The minimum atomic E-state index is -0.517. The fraction of sp³-hybridized carbons (Fsp3) is 0.909. The van der Waals surface area contributed by atoms with Gasteiger partial charge >= 0.3 is 0 Å². The molecule has 1 aliphatic heterocycles. The van der Waals surface area contributed by atoms with Gasteiger partial charge < -0.3 is 10.0 Å². The van der Waals surface area contributed by atoms with Gasteiger partial charge in [-0.15, -0.1) is 0 Å². The molecule has 1 heterocycles. The Labute approximate surface area is 86.3 Å². The van der Waals surface area contributed by atoms with Gasteiger partial charge in [-0.2, -0.15) is 5.26 Å². The van der Waals surface area contributed by atoms with Gasteiger partial charge in [0.05, 0.1) is 17.1 Å². The van der Waals surface area contributed by atoms with Crippen LogP contribution in [0.1, 0.15) is 33.6 Å². The van der Waals surface area contributed by atoms with Gasteiger partial charge in [0.15, 0.2) is 0 Å². The quantitative estimate of drug-likeness (QED) is 0.742. The summed E-state index contributed by atoms with van der Waals surface area (Å²) in [4.78, 5) is 2.24. The summed E-state index contributed by atoms with van der Waals surface area (Å²) in [5.41, 5.74) is -0.759. The van der Waals surface area contributed by atoms with Crippen LogP contribution in [0.25, 0.3) is 0 Å². The highest BCUT2D eigenvalue weighted by Gasteiger charge is 2.31. The topological polar surface area (TPSA) is 47.3 Å². The Bertz CT molecular complexity index is 240. The molecule has 3 heteroatoms. The fourth-order valence-corrected chi connectivity index (χ4v) is 1.72. The highest BCUT2D eigenvalue weighted by atomic mass is 16.3. The van der Waals surface area contributed by atoms with Gasteiger partial charge in [-0.05, 0) is 40.2 Å². The smallest absolute Gasteiger partial charge is 0.0758 e. The van der Waals surface area contributed by atoms with Crippen molar-refractivity contribution in [3.8, 4) is 6.07 Å². The Morgan fingerprint density at radius 1 is 1.57 bits per heavy atom. The highest BCUT2D eigenvalue weighted by molar-refractivity contribution is 4.93. The SMILES string of the molecule is CC(C)(C#N)CCN1CCC(C)(O)C1. The minimum Gasteiger partial charge on any atom is -0.389 e. The molecule has 1 unspecified atom stereocenters. The van der Waals surface area contributed by atoms with Crippen LogP contribution < -0.4 is 0 Å². The molecule has 0 aliphatic carbocycles. The molecule has 3 nitrogen and oxygen atoms in total. The molecule has 1 atom stereocenters. The van der Waals surface area contributed by atoms with Crippen molar-refractivity contribution in [3.05, 3.63) is 0 Å². The summed E-state index contributed by atoms with van der Waals surface area (Å²) < 4.78 is 0. The molecule has 0 aromatic rings. The monoisotopic (exact) mass is 196 g/mol. The molecule has 0 aromatic heterocycles. The van der Waals surface area contributed by atoms with E-state index in [1.165, 1.54) is 0 Å². The van der Waals surface area contributed by atoms with E-state index in [0.717, 1.165) is 32.5 Å². The molecular weight excluding hydrogens is 176 g/mol. The van der Waals surface area contributed by atoms with E-state index >= 15 is 0 Å². The van der Waals surface area contributed by atoms with E-state index in [-0.39, 0.29) is 5.41 Å². The molecule has 80 valence electrons. The van der Waals surface area contributed by atoms with Gasteiger partial charge in [0.1, 0.15) is 0 Å². The van der Waals surface area contributed by atoms with Gasteiger partial charge in [0.25, 0.3) is 0 Å². The third-order valence-electron chi connectivity index (χ3n) is 2.89. The van der Waals surface area contributed by atoms with Gasteiger partial charge in [-0.3, -0.25) is 0 Å². The van der Waals surface area contributed by atoms with Crippen molar-refractivity contribution in [3.63, 3.8) is 0 Å². The molecule has 0 amide bonds. The van der Waals surface area contributed by atoms with E-state index in [2.05, 4.69) is 11.0 Å². The molecule has 1 fully saturated rings. The van der Waals surface area contributed by atoms with E-state index in [9.17, 15) is 5.11 Å². The lowest BCUT2D eigenvalue weighted by molar-refractivity contribution is 0.0677. The van der Waals surface area contributed by atoms with Crippen molar-refractivity contribution in [2.24, 2.45) is 5.41 Å². The number of rotatable bonds is 3. The zero-order chi connectivity index (χ0) is 10.8. The Kier molecular flexibility index (Phi) is 3.18. The summed E-state index contributed by atoms with van der Waals surface area (Å²) in [5.74, 6) is 0. The third-order valence-corrected chi connectivity index (χ3v) is 2.89. The van der Waals surface area contributed by atoms with Crippen molar-refractivity contribution in [1.82, 2.24) is 4.90 Å². The van der Waals surface area contributed by atoms with Crippen LogP contribution in [0.4, 0.5) is 0 Å². The number of nitrogens with zero attached hydrogens (tertiary/aromatic N) is 2. The van der Waals surface area contributed by atoms with E-state index in [0.29, 0.717) is 0 Å². The molecule has 0 spiro atoms. The standard InChI is InChI=1S/C11H20N2O/c1-10(2,8-12)4-6-13-7-5-11(3,14)9-13/h14H,4-7,9H2,1-3H3. The van der Waals surface area contributed by atoms with Crippen molar-refractivity contribution in [2.45, 2.75) is 39.2 Å². The first kappa shape index (κ1) is 11.5. The summed E-state index contributed by atoms with van der Waals surface area (Å²) >= 11 is 0. The molecule has 0 saturated carbocycles. The van der Waals surface area contributed by atoms with Crippen LogP contribution in [0.2, 0.25) is 0 Å². The Morgan fingerprint density at radius 2 is 2.21 bits per heavy atom. The molecule has 0 bridgehead atoms. The maximum absolute atomic E-state index is 9.74. The lowest BCUT2D eigenvalue weighted by Crippen LogP contribution is -2.31. The molecule has 0 aromatic carbocycles. The average molecular weight is 196 g/mol. The predicted molar refractivity (Wildman–Crippen MR) is 55.7 cm³/mol. The minimum absolute atomic E-state index is 0.242. The van der Waals surface area contributed by atoms with Crippen molar-refractivity contribution in [1.29, 1.82) is 5.26 Å². The Hall–Kier alpha value is -0.590. The number of likely N-dealkylation sites (tertiary alicyclic amines) is 1. The van der Waals surface area contributed by atoms with Gasteiger partial charge in [-0.25, -0.2) is 0 Å². The second-order valence-electron chi connectivity index (χ2n) is 5.27. The lowest BCUT2D eigenvalue weighted by atomic mass is 9.91. The molecule has 0 radical (unpaired) electrons.